The van der Waals surface area contributed by atoms with Crippen LogP contribution in [0, 0.1) is 11.3 Å². The Morgan fingerprint density at radius 1 is 1.58 bits per heavy atom. The Labute approximate surface area is 109 Å². The van der Waals surface area contributed by atoms with E-state index in [-0.39, 0.29) is 5.69 Å². The molecule has 0 unspecified atom stereocenters. The number of carboxylic acids is 1. The molecular formula is C10H11N3O5S. The highest BCUT2D eigenvalue weighted by molar-refractivity contribution is 7.89. The van der Waals surface area contributed by atoms with Gasteiger partial charge >= 0.3 is 5.97 Å². The summed E-state index contributed by atoms with van der Waals surface area (Å²) in [6.07, 6.45) is -0.199. The Morgan fingerprint density at radius 2 is 2.21 bits per heavy atom. The molecule has 0 saturated carbocycles. The second-order valence-corrected chi connectivity index (χ2v) is 5.32. The number of sulfonamides is 1. The number of pyridine rings is 1. The van der Waals surface area contributed by atoms with E-state index in [0.717, 1.165) is 13.0 Å². The molecule has 0 fully saturated rings. The molecule has 1 aromatic rings. The summed E-state index contributed by atoms with van der Waals surface area (Å²) < 4.78 is 25.7. The van der Waals surface area contributed by atoms with Crippen LogP contribution in [0.1, 0.15) is 12.6 Å². The fraction of sp³-hybridized carbons (Fsp3) is 0.300. The summed E-state index contributed by atoms with van der Waals surface area (Å²) in [4.78, 5) is 14.0. The van der Waals surface area contributed by atoms with E-state index >= 15 is 0 Å². The van der Waals surface area contributed by atoms with E-state index in [4.69, 9.17) is 10.4 Å². The summed E-state index contributed by atoms with van der Waals surface area (Å²) in [5.74, 6) is -1.53. The van der Waals surface area contributed by atoms with Crippen LogP contribution in [0.2, 0.25) is 0 Å². The van der Waals surface area contributed by atoms with Crippen LogP contribution < -0.4 is 4.72 Å². The minimum absolute atomic E-state index is 0.357. The number of aliphatic hydroxyl groups is 1. The lowest BCUT2D eigenvalue weighted by Crippen LogP contribution is -2.47. The first-order valence-electron chi connectivity index (χ1n) is 5.08. The molecule has 0 bridgehead atoms. The van der Waals surface area contributed by atoms with E-state index in [0.29, 0.717) is 0 Å². The largest absolute Gasteiger partial charge is 0.480 e. The first-order valence-corrected chi connectivity index (χ1v) is 6.56. The first kappa shape index (κ1) is 15.0. The molecule has 9 heteroatoms. The number of nitrogens with one attached hydrogen (secondary N) is 1. The predicted octanol–water partition coefficient (Wildman–Crippen LogP) is -0.934. The minimum atomic E-state index is -4.27. The molecule has 1 aromatic heterocycles. The van der Waals surface area contributed by atoms with Crippen LogP contribution in [0.3, 0.4) is 0 Å². The van der Waals surface area contributed by atoms with Crippen molar-refractivity contribution < 1.29 is 23.4 Å². The fourth-order valence-corrected chi connectivity index (χ4v) is 2.65. The number of hydrogen-bond donors (Lipinski definition) is 3. The third kappa shape index (κ3) is 3.47. The molecule has 3 N–H and O–H groups in total. The molecule has 0 aliphatic heterocycles. The van der Waals surface area contributed by atoms with Gasteiger partial charge in [0, 0.05) is 6.20 Å². The highest BCUT2D eigenvalue weighted by Gasteiger charge is 2.30. The van der Waals surface area contributed by atoms with Crippen molar-refractivity contribution in [3.05, 3.63) is 24.0 Å². The van der Waals surface area contributed by atoms with Gasteiger partial charge in [-0.15, -0.1) is 0 Å². The lowest BCUT2D eigenvalue weighted by atomic mass is 10.2. The number of carboxylic acid groups (broad SMARTS) is 1. The molecule has 0 radical (unpaired) electrons. The average Bonchev–Trinajstić information content (AvgIpc) is 2.35. The summed E-state index contributed by atoms with van der Waals surface area (Å²) in [7, 11) is -4.27. The lowest BCUT2D eigenvalue weighted by Gasteiger charge is -2.17. The number of aromatic nitrogens is 1. The second-order valence-electron chi connectivity index (χ2n) is 3.64. The highest BCUT2D eigenvalue weighted by Crippen LogP contribution is 2.13. The molecule has 2 atom stereocenters. The van der Waals surface area contributed by atoms with Crippen LogP contribution in [-0.4, -0.2) is 41.7 Å². The number of nitrogens with zero attached hydrogens (tertiary/aromatic N) is 2. The molecule has 1 rings (SSSR count). The quantitative estimate of drug-likeness (QED) is 0.634. The van der Waals surface area contributed by atoms with E-state index in [9.17, 15) is 18.3 Å². The summed E-state index contributed by atoms with van der Waals surface area (Å²) in [5, 5.41) is 26.8. The Kier molecular flexibility index (Phi) is 4.55. The van der Waals surface area contributed by atoms with Crippen LogP contribution in [0.15, 0.2) is 23.2 Å². The van der Waals surface area contributed by atoms with Gasteiger partial charge in [-0.3, -0.25) is 4.79 Å². The third-order valence-corrected chi connectivity index (χ3v) is 3.67. The summed E-state index contributed by atoms with van der Waals surface area (Å²) in [5.41, 5.74) is -0.357. The van der Waals surface area contributed by atoms with Gasteiger partial charge in [0.25, 0.3) is 0 Å². The Bertz CT molecular complexity index is 620. The molecule has 19 heavy (non-hydrogen) atoms. The van der Waals surface area contributed by atoms with Gasteiger partial charge in [0.1, 0.15) is 17.0 Å². The Hall–Kier alpha value is -2.02. The van der Waals surface area contributed by atoms with Crippen molar-refractivity contribution in [3.8, 4) is 6.07 Å². The van der Waals surface area contributed by atoms with E-state index in [1.54, 1.807) is 6.07 Å². The van der Waals surface area contributed by atoms with Crippen LogP contribution in [0.4, 0.5) is 0 Å². The van der Waals surface area contributed by atoms with E-state index in [1.807, 2.05) is 4.72 Å². The van der Waals surface area contributed by atoms with Gasteiger partial charge in [0.2, 0.25) is 10.0 Å². The summed E-state index contributed by atoms with van der Waals surface area (Å²) in [6, 6.07) is 2.30. The Balaban J connectivity index is 3.19. The molecule has 8 nitrogen and oxygen atoms in total. The molecule has 0 spiro atoms. The van der Waals surface area contributed by atoms with Crippen LogP contribution in [0.5, 0.6) is 0 Å². The van der Waals surface area contributed by atoms with E-state index < -0.39 is 33.0 Å². The van der Waals surface area contributed by atoms with Gasteiger partial charge in [-0.05, 0) is 19.1 Å². The van der Waals surface area contributed by atoms with Gasteiger partial charge < -0.3 is 10.2 Å². The number of carbonyl (C=O) groups is 1. The maximum atomic E-state index is 12.0. The van der Waals surface area contributed by atoms with Crippen LogP contribution in [-0.2, 0) is 14.8 Å². The summed E-state index contributed by atoms with van der Waals surface area (Å²) >= 11 is 0. The highest BCUT2D eigenvalue weighted by atomic mass is 32.2. The monoisotopic (exact) mass is 285 g/mol. The van der Waals surface area contributed by atoms with Crippen molar-refractivity contribution in [2.45, 2.75) is 24.0 Å². The second kappa shape index (κ2) is 5.75. The zero-order valence-electron chi connectivity index (χ0n) is 9.81. The maximum absolute atomic E-state index is 12.0. The molecule has 0 saturated heterocycles. The lowest BCUT2D eigenvalue weighted by molar-refractivity contribution is -0.141. The molecule has 0 aromatic carbocycles. The smallest absolute Gasteiger partial charge is 0.324 e. The topological polar surface area (TPSA) is 140 Å². The molecular weight excluding hydrogens is 274 g/mol. The zero-order chi connectivity index (χ0) is 14.6. The fourth-order valence-electron chi connectivity index (χ4n) is 1.28. The first-order chi connectivity index (χ1) is 8.79. The van der Waals surface area contributed by atoms with Gasteiger partial charge in [-0.25, -0.2) is 13.4 Å². The zero-order valence-corrected chi connectivity index (χ0v) is 10.6. The molecule has 0 amide bonds. The SMILES string of the molecule is C[C@@H](O)[C@H](NS(=O)(=O)c1cccnc1C#N)C(=O)O. The predicted molar refractivity (Wildman–Crippen MR) is 62.4 cm³/mol. The summed E-state index contributed by atoms with van der Waals surface area (Å²) in [6.45, 7) is 1.13. The number of nitriles is 1. The van der Waals surface area contributed by atoms with Crippen LogP contribution >= 0.6 is 0 Å². The van der Waals surface area contributed by atoms with Gasteiger partial charge in [0.15, 0.2) is 5.69 Å². The van der Waals surface area contributed by atoms with Crippen molar-refractivity contribution in [1.82, 2.24) is 9.71 Å². The van der Waals surface area contributed by atoms with Gasteiger partial charge in [-0.2, -0.15) is 9.98 Å². The number of hydrogen-bond acceptors (Lipinski definition) is 6. The van der Waals surface area contributed by atoms with Crippen molar-refractivity contribution in [2.24, 2.45) is 0 Å². The van der Waals surface area contributed by atoms with Crippen molar-refractivity contribution in [3.63, 3.8) is 0 Å². The third-order valence-electron chi connectivity index (χ3n) is 2.20. The van der Waals surface area contributed by atoms with Gasteiger partial charge in [0.05, 0.1) is 6.10 Å². The standard InChI is InChI=1S/C10H11N3O5S/c1-6(14)9(10(15)16)13-19(17,18)8-3-2-4-12-7(8)5-11/h2-4,6,9,13-14H,1H3,(H,15,16)/t6-,9+/m1/s1. The Morgan fingerprint density at radius 3 is 2.68 bits per heavy atom. The molecule has 0 aliphatic rings. The average molecular weight is 285 g/mol. The van der Waals surface area contributed by atoms with Crippen LogP contribution in [0.25, 0.3) is 0 Å². The number of aliphatic carboxylic acids is 1. The van der Waals surface area contributed by atoms with Gasteiger partial charge in [-0.1, -0.05) is 0 Å². The maximum Gasteiger partial charge on any atom is 0.324 e. The van der Waals surface area contributed by atoms with E-state index in [1.165, 1.54) is 12.3 Å². The minimum Gasteiger partial charge on any atom is -0.480 e. The van der Waals surface area contributed by atoms with Crippen molar-refractivity contribution in [2.75, 3.05) is 0 Å². The van der Waals surface area contributed by atoms with E-state index in [2.05, 4.69) is 4.98 Å². The van der Waals surface area contributed by atoms with Crippen molar-refractivity contribution in [1.29, 1.82) is 5.26 Å². The normalized spacial score (nSPS) is 14.4. The number of aliphatic hydroxyl groups excluding tert-OH is 1. The molecule has 1 heterocycles. The molecule has 0 aliphatic carbocycles. The molecule has 102 valence electrons. The number of rotatable bonds is 5. The van der Waals surface area contributed by atoms with Crippen molar-refractivity contribution >= 4 is 16.0 Å².